The summed E-state index contributed by atoms with van der Waals surface area (Å²) in [6.45, 7) is 2.44. The van der Waals surface area contributed by atoms with Crippen molar-refractivity contribution in [3.63, 3.8) is 0 Å². The standard InChI is InChI=1S/C33H31N3O3S/c37-29(19-22-13-14-22)30-20-24-15-16-36(27-11-5-4-9-25(27)32(24)40-30)33(38)26-10-6-12-31(34-26)35-17-18-39-21-28(35)23-7-2-1-3-8-23/h1-12,20,22,28H,13-19,21H2/t28-/m0/s1. The summed E-state index contributed by atoms with van der Waals surface area (Å²) in [5, 5.41) is 0. The van der Waals surface area contributed by atoms with Gasteiger partial charge in [-0.3, -0.25) is 9.59 Å². The third-order valence-electron chi connectivity index (χ3n) is 8.10. The fourth-order valence-corrected chi connectivity index (χ4v) is 6.99. The first-order chi connectivity index (χ1) is 19.7. The highest BCUT2D eigenvalue weighted by Crippen LogP contribution is 2.43. The number of rotatable bonds is 6. The van der Waals surface area contributed by atoms with Crippen molar-refractivity contribution in [2.24, 2.45) is 5.92 Å². The topological polar surface area (TPSA) is 62.7 Å². The zero-order chi connectivity index (χ0) is 27.1. The van der Waals surface area contributed by atoms with E-state index in [2.05, 4.69) is 29.2 Å². The number of ether oxygens (including phenoxy) is 1. The molecule has 2 aromatic carbocycles. The Labute approximate surface area is 238 Å². The van der Waals surface area contributed by atoms with Crippen molar-refractivity contribution >= 4 is 34.5 Å². The van der Waals surface area contributed by atoms with E-state index >= 15 is 0 Å². The minimum absolute atomic E-state index is 0.0412. The van der Waals surface area contributed by atoms with Crippen LogP contribution in [0.4, 0.5) is 11.5 Å². The summed E-state index contributed by atoms with van der Waals surface area (Å²) in [6, 6.07) is 26.2. The zero-order valence-corrected chi connectivity index (χ0v) is 23.1. The summed E-state index contributed by atoms with van der Waals surface area (Å²) in [6.07, 6.45) is 3.69. The molecule has 4 heterocycles. The molecule has 1 amide bonds. The summed E-state index contributed by atoms with van der Waals surface area (Å²) in [4.78, 5) is 37.9. The van der Waals surface area contributed by atoms with Crippen LogP contribution in [0.1, 0.15) is 56.6 Å². The number of hydrogen-bond donors (Lipinski definition) is 0. The van der Waals surface area contributed by atoms with E-state index in [4.69, 9.17) is 9.72 Å². The molecule has 7 heteroatoms. The summed E-state index contributed by atoms with van der Waals surface area (Å²) < 4.78 is 5.82. The monoisotopic (exact) mass is 549 g/mol. The van der Waals surface area contributed by atoms with E-state index in [0.717, 1.165) is 32.4 Å². The van der Waals surface area contributed by atoms with Gasteiger partial charge in [0.2, 0.25) is 0 Å². The maximum absolute atomic E-state index is 14.0. The lowest BCUT2D eigenvalue weighted by molar-refractivity contribution is 0.0935. The molecule has 1 aliphatic carbocycles. The molecule has 1 saturated heterocycles. The lowest BCUT2D eigenvalue weighted by Crippen LogP contribution is -2.40. The molecular weight excluding hydrogens is 518 g/mol. The predicted octanol–water partition coefficient (Wildman–Crippen LogP) is 6.57. The second-order valence-corrected chi connectivity index (χ2v) is 11.9. The normalized spacial score (nSPS) is 18.6. The number of pyridine rings is 1. The van der Waals surface area contributed by atoms with Crippen molar-refractivity contribution in [2.45, 2.75) is 31.7 Å². The number of ketones is 1. The fourth-order valence-electron chi connectivity index (χ4n) is 5.80. The van der Waals surface area contributed by atoms with Crippen molar-refractivity contribution in [3.8, 4) is 10.4 Å². The van der Waals surface area contributed by atoms with Gasteiger partial charge in [0.05, 0.1) is 29.8 Å². The number of nitrogens with zero attached hydrogens (tertiary/aromatic N) is 3. The molecule has 6 nitrogen and oxygen atoms in total. The number of fused-ring (bicyclic) bond motifs is 3. The van der Waals surface area contributed by atoms with E-state index in [1.165, 1.54) is 18.4 Å². The van der Waals surface area contributed by atoms with Gasteiger partial charge in [-0.1, -0.05) is 54.6 Å². The van der Waals surface area contributed by atoms with Gasteiger partial charge in [-0.05, 0) is 60.6 Å². The Balaban J connectivity index is 1.18. The molecule has 0 unspecified atom stereocenters. The molecule has 7 rings (SSSR count). The Morgan fingerprint density at radius 2 is 1.77 bits per heavy atom. The van der Waals surface area contributed by atoms with Crippen LogP contribution in [0.25, 0.3) is 10.4 Å². The first-order valence-electron chi connectivity index (χ1n) is 14.1. The van der Waals surface area contributed by atoms with Crippen molar-refractivity contribution in [3.05, 3.63) is 101 Å². The maximum Gasteiger partial charge on any atom is 0.276 e. The van der Waals surface area contributed by atoms with Gasteiger partial charge in [0.25, 0.3) is 5.91 Å². The average molecular weight is 550 g/mol. The highest BCUT2D eigenvalue weighted by atomic mass is 32.1. The highest BCUT2D eigenvalue weighted by molar-refractivity contribution is 7.17. The van der Waals surface area contributed by atoms with E-state index in [-0.39, 0.29) is 17.7 Å². The molecule has 2 aliphatic heterocycles. The lowest BCUT2D eigenvalue weighted by Gasteiger charge is -2.37. The van der Waals surface area contributed by atoms with Crippen LogP contribution in [0.15, 0.2) is 78.9 Å². The molecule has 0 radical (unpaired) electrons. The van der Waals surface area contributed by atoms with Crippen LogP contribution in [0.2, 0.25) is 0 Å². The molecule has 0 spiro atoms. The van der Waals surface area contributed by atoms with Crippen LogP contribution in [0.5, 0.6) is 0 Å². The van der Waals surface area contributed by atoms with Gasteiger partial charge in [0.15, 0.2) is 5.78 Å². The van der Waals surface area contributed by atoms with Gasteiger partial charge in [-0.2, -0.15) is 0 Å². The molecule has 40 heavy (non-hydrogen) atoms. The maximum atomic E-state index is 14.0. The largest absolute Gasteiger partial charge is 0.377 e. The van der Waals surface area contributed by atoms with E-state index in [9.17, 15) is 9.59 Å². The molecule has 0 bridgehead atoms. The zero-order valence-electron chi connectivity index (χ0n) is 22.3. The molecule has 1 saturated carbocycles. The second kappa shape index (κ2) is 10.6. The number of aromatic nitrogens is 1. The Hall–Kier alpha value is -3.81. The molecular formula is C33H31N3O3S. The lowest BCUT2D eigenvalue weighted by atomic mass is 10.0. The first kappa shape index (κ1) is 25.2. The van der Waals surface area contributed by atoms with Crippen LogP contribution in [-0.4, -0.2) is 43.0 Å². The predicted molar refractivity (Wildman–Crippen MR) is 158 cm³/mol. The minimum Gasteiger partial charge on any atom is -0.377 e. The number of Topliss-reactive ketones (excluding diaryl/α,β-unsaturated/α-hetero) is 1. The molecule has 1 atom stereocenters. The molecule has 2 fully saturated rings. The second-order valence-electron chi connectivity index (χ2n) is 10.8. The van der Waals surface area contributed by atoms with Crippen molar-refractivity contribution < 1.29 is 14.3 Å². The summed E-state index contributed by atoms with van der Waals surface area (Å²) in [5.74, 6) is 1.49. The highest BCUT2D eigenvalue weighted by Gasteiger charge is 2.31. The number of carbonyl (C=O) groups is 2. The van der Waals surface area contributed by atoms with E-state index in [1.54, 1.807) is 11.3 Å². The number of thiophene rings is 1. The van der Waals surface area contributed by atoms with Crippen LogP contribution >= 0.6 is 11.3 Å². The molecule has 0 N–H and O–H groups in total. The Morgan fingerprint density at radius 1 is 0.950 bits per heavy atom. The summed E-state index contributed by atoms with van der Waals surface area (Å²) >= 11 is 1.58. The molecule has 4 aromatic rings. The Morgan fingerprint density at radius 3 is 2.62 bits per heavy atom. The summed E-state index contributed by atoms with van der Waals surface area (Å²) in [5.41, 5.74) is 4.62. The Kier molecular flexibility index (Phi) is 6.69. The minimum atomic E-state index is -0.112. The van der Waals surface area contributed by atoms with Gasteiger partial charge in [0.1, 0.15) is 11.5 Å². The SMILES string of the molecule is O=C(CC1CC1)c1cc2c(s1)-c1ccccc1N(C(=O)c1cccc(N3CCOC[C@H]3c3ccccc3)n1)CC2. The number of anilines is 2. The van der Waals surface area contributed by atoms with Crippen molar-refractivity contribution in [1.82, 2.24) is 4.98 Å². The number of hydrogen-bond acceptors (Lipinski definition) is 6. The van der Waals surface area contributed by atoms with Gasteiger partial charge < -0.3 is 14.5 Å². The van der Waals surface area contributed by atoms with Gasteiger partial charge in [0, 0.05) is 30.0 Å². The average Bonchev–Trinajstić information content (AvgIpc) is 3.75. The smallest absolute Gasteiger partial charge is 0.276 e. The fraction of sp³-hybridized carbons (Fsp3) is 0.303. The number of morpholine rings is 1. The number of amides is 1. The third-order valence-corrected chi connectivity index (χ3v) is 9.36. The number of benzene rings is 2. The van der Waals surface area contributed by atoms with E-state index < -0.39 is 0 Å². The van der Waals surface area contributed by atoms with Crippen LogP contribution in [-0.2, 0) is 11.2 Å². The number of para-hydroxylation sites is 1. The van der Waals surface area contributed by atoms with Crippen molar-refractivity contribution in [2.75, 3.05) is 36.1 Å². The summed E-state index contributed by atoms with van der Waals surface area (Å²) in [7, 11) is 0. The van der Waals surface area contributed by atoms with Gasteiger partial charge >= 0.3 is 0 Å². The van der Waals surface area contributed by atoms with Crippen LogP contribution in [0, 0.1) is 5.92 Å². The first-order valence-corrected chi connectivity index (χ1v) is 14.9. The third kappa shape index (κ3) is 4.84. The van der Waals surface area contributed by atoms with Crippen LogP contribution in [0.3, 0.4) is 0 Å². The van der Waals surface area contributed by atoms with Gasteiger partial charge in [-0.25, -0.2) is 4.98 Å². The molecule has 3 aliphatic rings. The Bertz CT molecular complexity index is 1560. The van der Waals surface area contributed by atoms with Gasteiger partial charge in [-0.15, -0.1) is 11.3 Å². The van der Waals surface area contributed by atoms with Crippen LogP contribution < -0.4 is 9.80 Å². The quantitative estimate of drug-likeness (QED) is 0.255. The van der Waals surface area contributed by atoms with E-state index in [1.807, 2.05) is 59.5 Å². The van der Waals surface area contributed by atoms with Crippen molar-refractivity contribution in [1.29, 1.82) is 0 Å². The number of carbonyl (C=O) groups excluding carboxylic acids is 2. The van der Waals surface area contributed by atoms with E-state index in [0.29, 0.717) is 50.8 Å². The molecule has 2 aromatic heterocycles. The molecule has 202 valence electrons.